The highest BCUT2D eigenvalue weighted by atomic mass is 35.5. The van der Waals surface area contributed by atoms with Crippen LogP contribution >= 0.6 is 11.6 Å². The van der Waals surface area contributed by atoms with Crippen molar-refractivity contribution >= 4 is 27.4 Å². The van der Waals surface area contributed by atoms with Crippen LogP contribution in [0, 0.1) is 17.0 Å². The van der Waals surface area contributed by atoms with Crippen LogP contribution in [0.5, 0.6) is 11.5 Å². The van der Waals surface area contributed by atoms with Crippen molar-refractivity contribution in [2.45, 2.75) is 18.7 Å². The van der Waals surface area contributed by atoms with Crippen LogP contribution in [-0.2, 0) is 10.1 Å². The molecule has 0 aromatic heterocycles. The second kappa shape index (κ2) is 7.06. The molecular formula is C15H14ClNO6S. The van der Waals surface area contributed by atoms with Crippen LogP contribution in [0.1, 0.15) is 12.5 Å². The zero-order valence-corrected chi connectivity index (χ0v) is 14.4. The molecule has 2 rings (SSSR count). The van der Waals surface area contributed by atoms with Crippen molar-refractivity contribution in [3.8, 4) is 11.5 Å². The topological polar surface area (TPSA) is 95.7 Å². The number of hydrogen-bond acceptors (Lipinski definition) is 6. The van der Waals surface area contributed by atoms with Crippen LogP contribution in [-0.4, -0.2) is 19.9 Å². The summed E-state index contributed by atoms with van der Waals surface area (Å²) in [5.74, 6) is 0.231. The number of hydrogen-bond donors (Lipinski definition) is 0. The summed E-state index contributed by atoms with van der Waals surface area (Å²) in [6, 6.07) is 8.25. The van der Waals surface area contributed by atoms with Gasteiger partial charge in [0, 0.05) is 11.6 Å². The second-order valence-electron chi connectivity index (χ2n) is 4.72. The zero-order valence-electron chi connectivity index (χ0n) is 12.9. The highest BCUT2D eigenvalue weighted by Gasteiger charge is 2.25. The molecule has 0 aliphatic heterocycles. The van der Waals surface area contributed by atoms with Gasteiger partial charge in [-0.05, 0) is 32.0 Å². The number of benzene rings is 2. The standard InChI is InChI=1S/C15H14ClNO6S/c1-3-22-14-6-4-5-7-15(14)23-24(20,21)11-8-12(16)10(2)13(9-11)17(18)19/h4-9H,3H2,1-2H3. The Balaban J connectivity index is 2.47. The van der Waals surface area contributed by atoms with Crippen molar-refractivity contribution in [1.29, 1.82) is 0 Å². The van der Waals surface area contributed by atoms with E-state index in [9.17, 15) is 18.5 Å². The van der Waals surface area contributed by atoms with E-state index in [-0.39, 0.29) is 22.1 Å². The van der Waals surface area contributed by atoms with Gasteiger partial charge in [-0.15, -0.1) is 0 Å². The predicted octanol–water partition coefficient (Wildman–Crippen LogP) is 3.72. The smallest absolute Gasteiger partial charge is 0.339 e. The molecule has 2 aromatic rings. The summed E-state index contributed by atoms with van der Waals surface area (Å²) < 4.78 is 35.2. The van der Waals surface area contributed by atoms with E-state index in [1.165, 1.54) is 13.0 Å². The Kier molecular flexibility index (Phi) is 5.30. The van der Waals surface area contributed by atoms with E-state index in [1.807, 2.05) is 0 Å². The SMILES string of the molecule is CCOc1ccccc1OS(=O)(=O)c1cc(Cl)c(C)c([N+](=O)[O-])c1. The lowest BCUT2D eigenvalue weighted by molar-refractivity contribution is -0.385. The highest BCUT2D eigenvalue weighted by Crippen LogP contribution is 2.33. The van der Waals surface area contributed by atoms with Crippen molar-refractivity contribution in [1.82, 2.24) is 0 Å². The Labute approximate surface area is 144 Å². The number of nitro groups is 1. The van der Waals surface area contributed by atoms with E-state index in [0.717, 1.165) is 12.1 Å². The zero-order chi connectivity index (χ0) is 17.9. The van der Waals surface area contributed by atoms with Crippen molar-refractivity contribution in [2.24, 2.45) is 0 Å². The van der Waals surface area contributed by atoms with Crippen molar-refractivity contribution in [3.05, 3.63) is 57.1 Å². The third-order valence-corrected chi connectivity index (χ3v) is 4.73. The number of para-hydroxylation sites is 2. The molecule has 0 atom stereocenters. The maximum absolute atomic E-state index is 12.4. The van der Waals surface area contributed by atoms with Crippen molar-refractivity contribution in [3.63, 3.8) is 0 Å². The third kappa shape index (κ3) is 3.77. The predicted molar refractivity (Wildman–Crippen MR) is 88.3 cm³/mol. The molecule has 0 N–H and O–H groups in total. The molecule has 0 amide bonds. The monoisotopic (exact) mass is 371 g/mol. The number of nitro benzene ring substituents is 1. The molecule has 0 saturated carbocycles. The minimum absolute atomic E-state index is 0.0151. The van der Waals surface area contributed by atoms with Crippen LogP contribution in [0.4, 0.5) is 5.69 Å². The van der Waals surface area contributed by atoms with E-state index >= 15 is 0 Å². The minimum atomic E-state index is -4.32. The molecule has 24 heavy (non-hydrogen) atoms. The van der Waals surface area contributed by atoms with Gasteiger partial charge in [0.1, 0.15) is 4.90 Å². The molecule has 0 heterocycles. The molecular weight excluding hydrogens is 358 g/mol. The molecule has 0 saturated heterocycles. The molecule has 0 aliphatic carbocycles. The summed E-state index contributed by atoms with van der Waals surface area (Å²) in [7, 11) is -4.32. The first-order valence-corrected chi connectivity index (χ1v) is 8.65. The second-order valence-corrected chi connectivity index (χ2v) is 6.68. The number of rotatable bonds is 6. The van der Waals surface area contributed by atoms with E-state index in [0.29, 0.717) is 6.61 Å². The molecule has 7 nitrogen and oxygen atoms in total. The van der Waals surface area contributed by atoms with E-state index in [1.54, 1.807) is 25.1 Å². The first kappa shape index (κ1) is 18.0. The summed E-state index contributed by atoms with van der Waals surface area (Å²) in [5, 5.41) is 11.0. The van der Waals surface area contributed by atoms with Gasteiger partial charge in [-0.25, -0.2) is 0 Å². The molecule has 0 aliphatic rings. The maximum Gasteiger partial charge on any atom is 0.339 e. The largest absolute Gasteiger partial charge is 0.490 e. The normalized spacial score (nSPS) is 11.1. The quantitative estimate of drug-likeness (QED) is 0.436. The molecule has 0 bridgehead atoms. The first-order valence-electron chi connectivity index (χ1n) is 6.87. The van der Waals surface area contributed by atoms with Crippen LogP contribution < -0.4 is 8.92 Å². The lowest BCUT2D eigenvalue weighted by Crippen LogP contribution is -2.11. The van der Waals surface area contributed by atoms with Crippen LogP contribution in [0.15, 0.2) is 41.3 Å². The molecule has 0 fully saturated rings. The Hall–Kier alpha value is -2.32. The average Bonchev–Trinajstić information content (AvgIpc) is 2.51. The molecule has 2 aromatic carbocycles. The van der Waals surface area contributed by atoms with Gasteiger partial charge in [0.25, 0.3) is 5.69 Å². The summed E-state index contributed by atoms with van der Waals surface area (Å²) in [4.78, 5) is 9.94. The summed E-state index contributed by atoms with van der Waals surface area (Å²) >= 11 is 5.90. The third-order valence-electron chi connectivity index (χ3n) is 3.12. The van der Waals surface area contributed by atoms with E-state index in [4.69, 9.17) is 20.5 Å². The Morgan fingerprint density at radius 3 is 2.42 bits per heavy atom. The van der Waals surface area contributed by atoms with Crippen molar-refractivity contribution in [2.75, 3.05) is 6.61 Å². The van der Waals surface area contributed by atoms with E-state index in [2.05, 4.69) is 0 Å². The molecule has 9 heteroatoms. The van der Waals surface area contributed by atoms with Crippen LogP contribution in [0.2, 0.25) is 5.02 Å². The van der Waals surface area contributed by atoms with Crippen LogP contribution in [0.3, 0.4) is 0 Å². The number of ether oxygens (including phenoxy) is 1. The van der Waals surface area contributed by atoms with Gasteiger partial charge in [-0.1, -0.05) is 23.7 Å². The highest BCUT2D eigenvalue weighted by molar-refractivity contribution is 7.87. The maximum atomic E-state index is 12.4. The van der Waals surface area contributed by atoms with Crippen molar-refractivity contribution < 1.29 is 22.3 Å². The fourth-order valence-corrected chi connectivity index (χ4v) is 3.20. The fraction of sp³-hybridized carbons (Fsp3) is 0.200. The Morgan fingerprint density at radius 2 is 1.83 bits per heavy atom. The molecule has 0 unspecified atom stereocenters. The van der Waals surface area contributed by atoms with Gasteiger partial charge in [0.2, 0.25) is 0 Å². The first-order chi connectivity index (χ1) is 11.3. The fourth-order valence-electron chi connectivity index (χ4n) is 1.93. The summed E-state index contributed by atoms with van der Waals surface area (Å²) in [5.41, 5.74) is -0.224. The molecule has 0 radical (unpaired) electrons. The van der Waals surface area contributed by atoms with Gasteiger partial charge in [-0.3, -0.25) is 10.1 Å². The van der Waals surface area contributed by atoms with E-state index < -0.39 is 25.6 Å². The summed E-state index contributed by atoms with van der Waals surface area (Å²) in [6.45, 7) is 3.50. The molecule has 128 valence electrons. The average molecular weight is 372 g/mol. The minimum Gasteiger partial charge on any atom is -0.490 e. The number of halogens is 1. The lowest BCUT2D eigenvalue weighted by atomic mass is 10.2. The lowest BCUT2D eigenvalue weighted by Gasteiger charge is -2.12. The van der Waals surface area contributed by atoms with Gasteiger partial charge in [-0.2, -0.15) is 8.42 Å². The number of nitrogens with zero attached hydrogens (tertiary/aromatic N) is 1. The van der Waals surface area contributed by atoms with Gasteiger partial charge in [0.15, 0.2) is 11.5 Å². The Bertz CT molecular complexity index is 882. The van der Waals surface area contributed by atoms with Gasteiger partial charge < -0.3 is 8.92 Å². The van der Waals surface area contributed by atoms with Gasteiger partial charge in [0.05, 0.1) is 16.6 Å². The van der Waals surface area contributed by atoms with Gasteiger partial charge >= 0.3 is 10.1 Å². The van der Waals surface area contributed by atoms with Crippen LogP contribution in [0.25, 0.3) is 0 Å². The Morgan fingerprint density at radius 1 is 1.21 bits per heavy atom. The molecule has 0 spiro atoms. The summed E-state index contributed by atoms with van der Waals surface area (Å²) in [6.07, 6.45) is 0.